The van der Waals surface area contributed by atoms with Crippen LogP contribution in [0.4, 0.5) is 0 Å². The zero-order valence-corrected chi connectivity index (χ0v) is 23.3. The van der Waals surface area contributed by atoms with Crippen LogP contribution in [-0.4, -0.2) is 49.2 Å². The second-order valence-corrected chi connectivity index (χ2v) is 11.7. The lowest BCUT2D eigenvalue weighted by Gasteiger charge is -2.26. The number of ether oxygens (including phenoxy) is 1. The molecule has 1 atom stereocenters. The van der Waals surface area contributed by atoms with Crippen molar-refractivity contribution in [1.82, 2.24) is 4.90 Å². The molecule has 0 aliphatic rings. The van der Waals surface area contributed by atoms with E-state index < -0.39 is 28.5 Å². The first-order valence-electron chi connectivity index (χ1n) is 12.7. The molecular weight excluding hydrogens is 550 g/mol. The highest BCUT2D eigenvalue weighted by molar-refractivity contribution is 7.91. The number of rotatable bonds is 13. The zero-order valence-electron chi connectivity index (χ0n) is 21.7. The lowest BCUT2D eigenvalue weighted by Crippen LogP contribution is -2.30. The van der Waals surface area contributed by atoms with Crippen LogP contribution in [0.5, 0.6) is 5.75 Å². The smallest absolute Gasteiger partial charge is 0.341 e. The lowest BCUT2D eigenvalue weighted by atomic mass is 10.1. The number of hydrogen-bond acceptors (Lipinski definition) is 6. The number of hydrogen-bond donors (Lipinski definition) is 2. The predicted octanol–water partition coefficient (Wildman–Crippen LogP) is 5.41. The van der Waals surface area contributed by atoms with E-state index in [9.17, 15) is 18.3 Å². The summed E-state index contributed by atoms with van der Waals surface area (Å²) in [6, 6.07) is 29.6. The fourth-order valence-corrected chi connectivity index (χ4v) is 6.15. The second-order valence-electron chi connectivity index (χ2n) is 9.31. The van der Waals surface area contributed by atoms with Gasteiger partial charge in [0.25, 0.3) is 0 Å². The maximum atomic E-state index is 13.6. The Kier molecular flexibility index (Phi) is 9.95. The van der Waals surface area contributed by atoms with Crippen molar-refractivity contribution >= 4 is 27.4 Å². The Balaban J connectivity index is 1.56. The summed E-state index contributed by atoms with van der Waals surface area (Å²) >= 11 is 6.13. The van der Waals surface area contributed by atoms with Gasteiger partial charge in [-0.1, -0.05) is 78.3 Å². The first kappa shape index (κ1) is 29.3. The van der Waals surface area contributed by atoms with Crippen molar-refractivity contribution in [2.24, 2.45) is 0 Å². The fourth-order valence-electron chi connectivity index (χ4n) is 4.39. The molecule has 2 N–H and O–H groups in total. The maximum absolute atomic E-state index is 13.6. The second kappa shape index (κ2) is 13.6. The predicted molar refractivity (Wildman–Crippen MR) is 153 cm³/mol. The molecule has 0 unspecified atom stereocenters. The van der Waals surface area contributed by atoms with E-state index in [0.29, 0.717) is 42.2 Å². The van der Waals surface area contributed by atoms with Gasteiger partial charge in [0.15, 0.2) is 6.61 Å². The molecular formula is C31H30ClNO6S. The molecule has 7 nitrogen and oxygen atoms in total. The van der Waals surface area contributed by atoms with Crippen molar-refractivity contribution in [1.29, 1.82) is 0 Å². The highest BCUT2D eigenvalue weighted by Gasteiger charge is 2.23. The maximum Gasteiger partial charge on any atom is 0.341 e. The minimum Gasteiger partial charge on any atom is -0.482 e. The van der Waals surface area contributed by atoms with Gasteiger partial charge in [0.1, 0.15) is 5.75 Å². The summed E-state index contributed by atoms with van der Waals surface area (Å²) in [5, 5.41) is 20.4. The van der Waals surface area contributed by atoms with Crippen LogP contribution in [0.25, 0.3) is 0 Å². The minimum atomic E-state index is -3.92. The van der Waals surface area contributed by atoms with Crippen molar-refractivity contribution in [3.05, 3.63) is 125 Å². The minimum absolute atomic E-state index is 0.0142. The number of carboxylic acids is 1. The summed E-state index contributed by atoms with van der Waals surface area (Å²) < 4.78 is 32.5. The molecule has 0 aliphatic carbocycles. The number of aliphatic hydroxyl groups excluding tert-OH is 1. The Hall–Kier alpha value is -3.69. The zero-order chi connectivity index (χ0) is 28.5. The van der Waals surface area contributed by atoms with Crippen LogP contribution in [0, 0.1) is 0 Å². The molecule has 0 saturated carbocycles. The van der Waals surface area contributed by atoms with Crippen molar-refractivity contribution in [2.75, 3.05) is 19.7 Å². The number of benzene rings is 4. The third-order valence-electron chi connectivity index (χ3n) is 6.35. The Bertz CT molecular complexity index is 1540. The van der Waals surface area contributed by atoms with Crippen molar-refractivity contribution in [3.8, 4) is 5.75 Å². The average Bonchev–Trinajstić information content (AvgIpc) is 2.95. The molecule has 0 aromatic heterocycles. The summed E-state index contributed by atoms with van der Waals surface area (Å²) in [6.45, 7) is 0.808. The molecule has 4 aromatic rings. The number of sulfone groups is 1. The van der Waals surface area contributed by atoms with Gasteiger partial charge < -0.3 is 14.9 Å². The van der Waals surface area contributed by atoms with Gasteiger partial charge in [-0.25, -0.2) is 13.2 Å². The summed E-state index contributed by atoms with van der Waals surface area (Å²) in [4.78, 5) is 13.1. The molecule has 0 spiro atoms. The highest BCUT2D eigenvalue weighted by Crippen LogP contribution is 2.28. The van der Waals surface area contributed by atoms with E-state index in [-0.39, 0.29) is 15.5 Å². The molecule has 0 heterocycles. The van der Waals surface area contributed by atoms with Crippen molar-refractivity contribution < 1.29 is 28.2 Å². The van der Waals surface area contributed by atoms with Gasteiger partial charge in [-0.3, -0.25) is 4.90 Å². The number of carboxylic acid groups (broad SMARTS) is 1. The first-order chi connectivity index (χ1) is 19.2. The molecule has 0 fully saturated rings. The van der Waals surface area contributed by atoms with Gasteiger partial charge >= 0.3 is 5.97 Å². The summed E-state index contributed by atoms with van der Waals surface area (Å²) in [6.07, 6.45) is -0.366. The Morgan fingerprint density at radius 1 is 0.900 bits per heavy atom. The monoisotopic (exact) mass is 579 g/mol. The molecule has 0 saturated heterocycles. The van der Waals surface area contributed by atoms with Crippen LogP contribution < -0.4 is 4.74 Å². The van der Waals surface area contributed by atoms with E-state index in [1.54, 1.807) is 42.5 Å². The number of carbonyl (C=O) groups is 1. The van der Waals surface area contributed by atoms with Crippen LogP contribution in [0.2, 0.25) is 5.02 Å². The van der Waals surface area contributed by atoms with E-state index in [1.165, 1.54) is 24.3 Å². The van der Waals surface area contributed by atoms with Gasteiger partial charge in [0, 0.05) is 24.7 Å². The number of nitrogens with zero attached hydrogens (tertiary/aromatic N) is 1. The van der Waals surface area contributed by atoms with Crippen LogP contribution in [0.15, 0.2) is 113 Å². The van der Waals surface area contributed by atoms with Gasteiger partial charge in [-0.05, 0) is 59.5 Å². The van der Waals surface area contributed by atoms with Gasteiger partial charge in [-0.15, -0.1) is 0 Å². The lowest BCUT2D eigenvalue weighted by molar-refractivity contribution is -0.139. The topological polar surface area (TPSA) is 104 Å². The van der Waals surface area contributed by atoms with E-state index >= 15 is 0 Å². The molecule has 40 heavy (non-hydrogen) atoms. The van der Waals surface area contributed by atoms with E-state index in [1.807, 2.05) is 36.4 Å². The third kappa shape index (κ3) is 7.92. The Morgan fingerprint density at radius 3 is 2.38 bits per heavy atom. The Labute approximate surface area is 239 Å². The van der Waals surface area contributed by atoms with Gasteiger partial charge in [0.05, 0.1) is 15.9 Å². The molecule has 4 aromatic carbocycles. The molecule has 0 aliphatic heterocycles. The standard InChI is InChI=1S/C31H30ClNO6S/c32-26-12-6-11-25(18-26)29(34)21-33(20-23-8-2-1-3-9-23)17-16-24-10-4-5-15-30(24)40(37,38)28-14-7-13-27(19-28)39-22-31(35)36/h1-15,18-19,29,34H,16-17,20-22H2,(H,35,36)/t29-/m0/s1. The van der Waals surface area contributed by atoms with E-state index in [0.717, 1.165) is 5.56 Å². The van der Waals surface area contributed by atoms with Crippen molar-refractivity contribution in [3.63, 3.8) is 0 Å². The molecule has 9 heteroatoms. The summed E-state index contributed by atoms with van der Waals surface area (Å²) in [7, 11) is -3.92. The molecule has 4 rings (SSSR count). The van der Waals surface area contributed by atoms with Crippen LogP contribution in [0.3, 0.4) is 0 Å². The number of aliphatic carboxylic acids is 1. The van der Waals surface area contributed by atoms with Crippen LogP contribution in [0.1, 0.15) is 22.8 Å². The number of aliphatic hydroxyl groups is 1. The van der Waals surface area contributed by atoms with Gasteiger partial charge in [0.2, 0.25) is 9.84 Å². The van der Waals surface area contributed by atoms with E-state index in [4.69, 9.17) is 21.4 Å². The van der Waals surface area contributed by atoms with Crippen LogP contribution >= 0.6 is 11.6 Å². The van der Waals surface area contributed by atoms with E-state index in [2.05, 4.69) is 4.90 Å². The largest absolute Gasteiger partial charge is 0.482 e. The third-order valence-corrected chi connectivity index (χ3v) is 8.44. The number of halogens is 1. The summed E-state index contributed by atoms with van der Waals surface area (Å²) in [5.74, 6) is -0.996. The summed E-state index contributed by atoms with van der Waals surface area (Å²) in [5.41, 5.74) is 2.41. The molecule has 0 bridgehead atoms. The van der Waals surface area contributed by atoms with Gasteiger partial charge in [-0.2, -0.15) is 0 Å². The Morgan fingerprint density at radius 2 is 1.62 bits per heavy atom. The highest BCUT2D eigenvalue weighted by atomic mass is 35.5. The van der Waals surface area contributed by atoms with Crippen LogP contribution in [-0.2, 0) is 27.6 Å². The fraction of sp³-hybridized carbons (Fsp3) is 0.194. The molecule has 0 amide bonds. The quantitative estimate of drug-likeness (QED) is 0.218. The molecule has 208 valence electrons. The SMILES string of the molecule is O=C(O)COc1cccc(S(=O)(=O)c2ccccc2CCN(Cc2ccccc2)C[C@H](O)c2cccc(Cl)c2)c1. The average molecular weight is 580 g/mol. The molecule has 0 radical (unpaired) electrons. The first-order valence-corrected chi connectivity index (χ1v) is 14.6. The normalized spacial score (nSPS) is 12.3. The van der Waals surface area contributed by atoms with Crippen molar-refractivity contribution in [2.45, 2.75) is 28.9 Å².